The van der Waals surface area contributed by atoms with E-state index in [1.165, 1.54) is 0 Å². The summed E-state index contributed by atoms with van der Waals surface area (Å²) < 4.78 is 3.76. The number of nitrogens with two attached hydrogens (primary N) is 1. The van der Waals surface area contributed by atoms with E-state index in [0.717, 1.165) is 11.5 Å². The molecule has 0 bridgehead atoms. The maximum atomic E-state index is 10.5. The average molecular weight is 223 g/mol. The number of nitrogens with zero attached hydrogens (tertiary/aromatic N) is 1. The number of hydrogen-bond acceptors (Lipinski definition) is 4. The minimum Gasteiger partial charge on any atom is -0.492 e. The van der Waals surface area contributed by atoms with Gasteiger partial charge in [0.2, 0.25) is 5.88 Å². The molecule has 1 heterocycles. The Morgan fingerprint density at radius 1 is 1.80 bits per heavy atom. The Morgan fingerprint density at radius 3 is 2.60 bits per heavy atom. The number of rotatable bonds is 1. The summed E-state index contributed by atoms with van der Waals surface area (Å²) in [5.41, 5.74) is 4.92. The van der Waals surface area contributed by atoms with Crippen molar-refractivity contribution in [3.63, 3.8) is 0 Å². The molecule has 4 nitrogen and oxygen atoms in total. The molecule has 0 spiro atoms. The maximum absolute atomic E-state index is 10.5. The lowest BCUT2D eigenvalue weighted by Gasteiger charge is -1.85. The van der Waals surface area contributed by atoms with E-state index in [2.05, 4.69) is 20.3 Å². The number of halogens is 1. The van der Waals surface area contributed by atoms with E-state index >= 15 is 0 Å². The van der Waals surface area contributed by atoms with Gasteiger partial charge in [-0.05, 0) is 27.5 Å². The van der Waals surface area contributed by atoms with Gasteiger partial charge in [-0.1, -0.05) is 0 Å². The van der Waals surface area contributed by atoms with E-state index in [1.54, 1.807) is 0 Å². The molecule has 1 rings (SSSR count). The first-order valence-electron chi connectivity index (χ1n) is 2.27. The Balaban J connectivity index is 3.17. The summed E-state index contributed by atoms with van der Waals surface area (Å²) in [6.45, 7) is 0. The fourth-order valence-electron chi connectivity index (χ4n) is 0.424. The fraction of sp³-hybridized carbons (Fsp3) is 0. The highest BCUT2D eigenvalue weighted by atomic mass is 79.9. The van der Waals surface area contributed by atoms with Crippen LogP contribution >= 0.6 is 27.5 Å². The zero-order valence-electron chi connectivity index (χ0n) is 4.67. The van der Waals surface area contributed by atoms with E-state index in [9.17, 15) is 4.79 Å². The molecule has 0 radical (unpaired) electrons. The van der Waals surface area contributed by atoms with Gasteiger partial charge in [0.1, 0.15) is 9.35 Å². The van der Waals surface area contributed by atoms with Crippen molar-refractivity contribution in [2.24, 2.45) is 5.73 Å². The molecule has 1 aromatic heterocycles. The predicted octanol–water partition coefficient (Wildman–Crippen LogP) is 0.710. The smallest absolute Gasteiger partial charge is 0.261 e. The molecule has 0 unspecified atom stereocenters. The zero-order valence-corrected chi connectivity index (χ0v) is 7.07. The molecule has 0 aliphatic carbocycles. The maximum Gasteiger partial charge on any atom is 0.261 e. The van der Waals surface area contributed by atoms with Gasteiger partial charge < -0.3 is 10.8 Å². The highest BCUT2D eigenvalue weighted by molar-refractivity contribution is 9.10. The second-order valence-electron chi connectivity index (χ2n) is 1.51. The van der Waals surface area contributed by atoms with Gasteiger partial charge in [-0.25, -0.2) is 0 Å². The van der Waals surface area contributed by atoms with Crippen molar-refractivity contribution in [3.05, 3.63) is 9.35 Å². The molecular weight excluding hydrogens is 220 g/mol. The monoisotopic (exact) mass is 222 g/mol. The molecule has 0 aliphatic heterocycles. The molecule has 1 aromatic rings. The van der Waals surface area contributed by atoms with Crippen molar-refractivity contribution in [2.75, 3.05) is 0 Å². The Hall–Kier alpha value is -0.620. The van der Waals surface area contributed by atoms with Crippen LogP contribution in [0.2, 0.25) is 0 Å². The minimum atomic E-state index is -0.593. The molecule has 0 aliphatic rings. The summed E-state index contributed by atoms with van der Waals surface area (Å²) in [6.07, 6.45) is 0. The van der Waals surface area contributed by atoms with Gasteiger partial charge in [-0.2, -0.15) is 4.37 Å². The summed E-state index contributed by atoms with van der Waals surface area (Å²) in [7, 11) is 0. The van der Waals surface area contributed by atoms with Crippen LogP contribution in [0.4, 0.5) is 0 Å². The number of aromatic nitrogens is 1. The van der Waals surface area contributed by atoms with Crippen LogP contribution in [-0.4, -0.2) is 15.4 Å². The Morgan fingerprint density at radius 2 is 2.40 bits per heavy atom. The lowest BCUT2D eigenvalue weighted by atomic mass is 10.5. The van der Waals surface area contributed by atoms with Gasteiger partial charge in [0.25, 0.3) is 5.91 Å². The number of carbonyl (C=O) groups excluding carboxylic acids is 1. The number of carbonyl (C=O) groups is 1. The van der Waals surface area contributed by atoms with Gasteiger partial charge >= 0.3 is 0 Å². The van der Waals surface area contributed by atoms with Crippen LogP contribution < -0.4 is 5.73 Å². The first-order valence-corrected chi connectivity index (χ1v) is 3.83. The number of aromatic hydroxyl groups is 1. The molecule has 6 heteroatoms. The normalized spacial score (nSPS) is 9.70. The van der Waals surface area contributed by atoms with Crippen LogP contribution in [0.3, 0.4) is 0 Å². The van der Waals surface area contributed by atoms with Crippen molar-refractivity contribution in [3.8, 4) is 5.88 Å². The molecule has 0 fully saturated rings. The molecule has 1 amide bonds. The van der Waals surface area contributed by atoms with E-state index in [4.69, 9.17) is 10.8 Å². The number of primary amides is 1. The molecule has 10 heavy (non-hydrogen) atoms. The molecular formula is C4H3BrN2O2S. The van der Waals surface area contributed by atoms with E-state index < -0.39 is 5.91 Å². The Labute approximate surface area is 69.0 Å². The van der Waals surface area contributed by atoms with Gasteiger partial charge in [-0.15, -0.1) is 0 Å². The molecule has 0 atom stereocenters. The van der Waals surface area contributed by atoms with E-state index in [-0.39, 0.29) is 15.2 Å². The van der Waals surface area contributed by atoms with E-state index in [1.807, 2.05) is 0 Å². The second kappa shape index (κ2) is 2.55. The molecule has 0 aromatic carbocycles. The van der Waals surface area contributed by atoms with Crippen LogP contribution in [0.5, 0.6) is 5.88 Å². The highest BCUT2D eigenvalue weighted by Gasteiger charge is 2.13. The molecule has 3 N–H and O–H groups in total. The SMILES string of the molecule is NC(=O)c1snc(O)c1Br. The topological polar surface area (TPSA) is 76.2 Å². The minimum absolute atomic E-state index is 0.196. The third-order valence-electron chi connectivity index (χ3n) is 0.843. The summed E-state index contributed by atoms with van der Waals surface area (Å²) in [5, 5.41) is 8.83. The van der Waals surface area contributed by atoms with Crippen LogP contribution in [0.1, 0.15) is 9.67 Å². The van der Waals surface area contributed by atoms with Crippen LogP contribution in [-0.2, 0) is 0 Å². The lowest BCUT2D eigenvalue weighted by Crippen LogP contribution is -2.08. The van der Waals surface area contributed by atoms with Crippen LogP contribution in [0, 0.1) is 0 Å². The average Bonchev–Trinajstić information content (AvgIpc) is 2.14. The van der Waals surface area contributed by atoms with Crippen molar-refractivity contribution < 1.29 is 9.90 Å². The van der Waals surface area contributed by atoms with Gasteiger partial charge in [0.15, 0.2) is 0 Å². The summed E-state index contributed by atoms with van der Waals surface area (Å²) in [5.74, 6) is -0.788. The lowest BCUT2D eigenvalue weighted by molar-refractivity contribution is 0.100. The predicted molar refractivity (Wildman–Crippen MR) is 40.0 cm³/mol. The third kappa shape index (κ3) is 1.12. The summed E-state index contributed by atoms with van der Waals surface area (Å²) in [4.78, 5) is 10.7. The largest absolute Gasteiger partial charge is 0.492 e. The van der Waals surface area contributed by atoms with Gasteiger partial charge in [-0.3, -0.25) is 4.79 Å². The first kappa shape index (κ1) is 7.49. The van der Waals surface area contributed by atoms with Crippen molar-refractivity contribution in [1.29, 1.82) is 0 Å². The number of hydrogen-bond donors (Lipinski definition) is 2. The van der Waals surface area contributed by atoms with Crippen molar-refractivity contribution in [2.45, 2.75) is 0 Å². The molecule has 0 saturated carbocycles. The second-order valence-corrected chi connectivity index (χ2v) is 3.08. The molecule has 0 saturated heterocycles. The Bertz CT molecular complexity index is 272. The van der Waals surface area contributed by atoms with Gasteiger partial charge in [0.05, 0.1) is 0 Å². The van der Waals surface area contributed by atoms with Crippen LogP contribution in [0.15, 0.2) is 4.47 Å². The zero-order chi connectivity index (χ0) is 7.72. The number of amides is 1. The van der Waals surface area contributed by atoms with Crippen molar-refractivity contribution >= 4 is 33.4 Å². The van der Waals surface area contributed by atoms with Gasteiger partial charge in [0, 0.05) is 0 Å². The Kier molecular flexibility index (Phi) is 1.91. The summed E-state index contributed by atoms with van der Waals surface area (Å²) in [6, 6.07) is 0. The quantitative estimate of drug-likeness (QED) is 0.735. The fourth-order valence-corrected chi connectivity index (χ4v) is 1.57. The standard InChI is InChI=1S/C4H3BrN2O2S/c5-1-2(3(6)8)10-7-4(1)9/h(H2,6,8)(H,7,9). The van der Waals surface area contributed by atoms with Crippen molar-refractivity contribution in [1.82, 2.24) is 4.37 Å². The molecule has 54 valence electrons. The van der Waals surface area contributed by atoms with Crippen LogP contribution in [0.25, 0.3) is 0 Å². The highest BCUT2D eigenvalue weighted by Crippen LogP contribution is 2.29. The summed E-state index contributed by atoms with van der Waals surface area (Å²) >= 11 is 3.81. The third-order valence-corrected chi connectivity index (χ3v) is 2.71. The first-order chi connectivity index (χ1) is 4.63. The van der Waals surface area contributed by atoms with E-state index in [0.29, 0.717) is 0 Å².